The maximum Gasteiger partial charge on any atom is 0.308 e. The zero-order valence-electron chi connectivity index (χ0n) is 13.4. The number of esters is 1. The summed E-state index contributed by atoms with van der Waals surface area (Å²) in [4.78, 5) is 11.6. The van der Waals surface area contributed by atoms with Gasteiger partial charge >= 0.3 is 5.97 Å². The van der Waals surface area contributed by atoms with Crippen molar-refractivity contribution < 1.29 is 14.3 Å². The molecule has 3 aromatic rings. The Morgan fingerprint density at radius 1 is 1.00 bits per heavy atom. The van der Waals surface area contributed by atoms with E-state index in [2.05, 4.69) is 6.07 Å². The molecule has 0 bridgehead atoms. The van der Waals surface area contributed by atoms with E-state index in [1.807, 2.05) is 55.5 Å². The van der Waals surface area contributed by atoms with Crippen molar-refractivity contribution in [3.63, 3.8) is 0 Å². The van der Waals surface area contributed by atoms with Gasteiger partial charge in [-0.15, -0.1) is 0 Å². The Kier molecular flexibility index (Phi) is 4.02. The Balaban J connectivity index is 2.34. The molecular formula is C20H18O3. The first kappa shape index (κ1) is 15.1. The molecule has 0 aliphatic heterocycles. The number of hydrogen-bond donors (Lipinski definition) is 0. The minimum Gasteiger partial charge on any atom is -0.497 e. The summed E-state index contributed by atoms with van der Waals surface area (Å²) in [5, 5.41) is 1.88. The molecule has 0 unspecified atom stereocenters. The quantitative estimate of drug-likeness (QED) is 0.517. The first-order valence-corrected chi connectivity index (χ1v) is 7.45. The van der Waals surface area contributed by atoms with E-state index in [9.17, 15) is 4.79 Å². The third-order valence-electron chi connectivity index (χ3n) is 3.81. The largest absolute Gasteiger partial charge is 0.497 e. The molecule has 0 aromatic heterocycles. The maximum atomic E-state index is 11.6. The van der Waals surface area contributed by atoms with Crippen LogP contribution in [0, 0.1) is 6.92 Å². The van der Waals surface area contributed by atoms with E-state index < -0.39 is 0 Å². The van der Waals surface area contributed by atoms with Gasteiger partial charge in [-0.05, 0) is 41.6 Å². The lowest BCUT2D eigenvalue weighted by atomic mass is 9.94. The van der Waals surface area contributed by atoms with Crippen LogP contribution in [0.5, 0.6) is 11.5 Å². The number of ether oxygens (including phenoxy) is 2. The average molecular weight is 306 g/mol. The van der Waals surface area contributed by atoms with Crippen LogP contribution >= 0.6 is 0 Å². The molecule has 0 aliphatic rings. The molecule has 0 spiro atoms. The second-order valence-electron chi connectivity index (χ2n) is 5.44. The van der Waals surface area contributed by atoms with E-state index in [1.165, 1.54) is 6.92 Å². The molecule has 0 aliphatic carbocycles. The van der Waals surface area contributed by atoms with Crippen LogP contribution in [-0.2, 0) is 4.79 Å². The number of rotatable bonds is 3. The van der Waals surface area contributed by atoms with Crippen LogP contribution in [-0.4, -0.2) is 13.1 Å². The summed E-state index contributed by atoms with van der Waals surface area (Å²) in [6.45, 7) is 3.45. The van der Waals surface area contributed by atoms with E-state index in [4.69, 9.17) is 9.47 Å². The Labute approximate surface area is 135 Å². The number of aryl methyl sites for hydroxylation is 1. The molecule has 3 rings (SSSR count). The number of benzene rings is 3. The molecule has 0 heterocycles. The van der Waals surface area contributed by atoms with E-state index in [-0.39, 0.29) is 5.97 Å². The molecule has 116 valence electrons. The van der Waals surface area contributed by atoms with E-state index in [0.29, 0.717) is 5.75 Å². The van der Waals surface area contributed by atoms with Gasteiger partial charge in [0, 0.05) is 17.9 Å². The molecule has 0 amide bonds. The van der Waals surface area contributed by atoms with Crippen LogP contribution in [0.25, 0.3) is 21.9 Å². The van der Waals surface area contributed by atoms with Gasteiger partial charge in [0.05, 0.1) is 7.11 Å². The summed E-state index contributed by atoms with van der Waals surface area (Å²) in [7, 11) is 1.64. The summed E-state index contributed by atoms with van der Waals surface area (Å²) < 4.78 is 10.9. The van der Waals surface area contributed by atoms with Crippen LogP contribution in [0.4, 0.5) is 0 Å². The highest BCUT2D eigenvalue weighted by molar-refractivity contribution is 5.99. The van der Waals surface area contributed by atoms with Gasteiger partial charge in [-0.1, -0.05) is 36.4 Å². The second-order valence-corrected chi connectivity index (χ2v) is 5.44. The first-order valence-electron chi connectivity index (χ1n) is 7.45. The van der Waals surface area contributed by atoms with Crippen molar-refractivity contribution in [2.75, 3.05) is 7.11 Å². The zero-order chi connectivity index (χ0) is 16.4. The fourth-order valence-corrected chi connectivity index (χ4v) is 2.83. The number of carbonyl (C=O) groups excluding carboxylic acids is 1. The van der Waals surface area contributed by atoms with Gasteiger partial charge < -0.3 is 9.47 Å². The fraction of sp³-hybridized carbons (Fsp3) is 0.150. The van der Waals surface area contributed by atoms with Crippen LogP contribution < -0.4 is 9.47 Å². The van der Waals surface area contributed by atoms with Crippen molar-refractivity contribution in [1.29, 1.82) is 0 Å². The van der Waals surface area contributed by atoms with E-state index in [1.54, 1.807) is 7.11 Å². The van der Waals surface area contributed by atoms with E-state index in [0.717, 1.165) is 33.2 Å². The van der Waals surface area contributed by atoms with Crippen molar-refractivity contribution in [2.45, 2.75) is 13.8 Å². The molecule has 3 heteroatoms. The Bertz CT molecular complexity index is 867. The van der Waals surface area contributed by atoms with Gasteiger partial charge in [0.2, 0.25) is 0 Å². The van der Waals surface area contributed by atoms with Gasteiger partial charge in [-0.25, -0.2) is 0 Å². The second kappa shape index (κ2) is 6.13. The normalized spacial score (nSPS) is 10.6. The monoisotopic (exact) mass is 306 g/mol. The molecule has 0 atom stereocenters. The smallest absolute Gasteiger partial charge is 0.308 e. The molecule has 0 saturated carbocycles. The van der Waals surface area contributed by atoms with Crippen molar-refractivity contribution in [3.05, 3.63) is 60.2 Å². The molecular weight excluding hydrogens is 288 g/mol. The first-order chi connectivity index (χ1) is 11.1. The molecule has 23 heavy (non-hydrogen) atoms. The zero-order valence-corrected chi connectivity index (χ0v) is 13.4. The average Bonchev–Trinajstić information content (AvgIpc) is 2.54. The highest BCUT2D eigenvalue weighted by atomic mass is 16.5. The predicted molar refractivity (Wildman–Crippen MR) is 92.0 cm³/mol. The van der Waals surface area contributed by atoms with Gasteiger partial charge in [-0.2, -0.15) is 0 Å². The SMILES string of the molecule is COc1ccc2c(OC(C)=O)c(-c3ccccc3)c(C)cc2c1. The van der Waals surface area contributed by atoms with Crippen molar-refractivity contribution in [2.24, 2.45) is 0 Å². The van der Waals surface area contributed by atoms with E-state index >= 15 is 0 Å². The lowest BCUT2D eigenvalue weighted by Gasteiger charge is -2.16. The molecule has 0 fully saturated rings. The standard InChI is InChI=1S/C20H18O3/c1-13-11-16-12-17(22-3)9-10-18(16)20(23-14(2)21)19(13)15-7-5-4-6-8-15/h4-12H,1-3H3. The van der Waals surface area contributed by atoms with Gasteiger partial charge in [0.1, 0.15) is 11.5 Å². The van der Waals surface area contributed by atoms with Crippen molar-refractivity contribution in [1.82, 2.24) is 0 Å². The third-order valence-corrected chi connectivity index (χ3v) is 3.81. The highest BCUT2D eigenvalue weighted by Crippen LogP contribution is 2.40. The molecule has 0 saturated heterocycles. The Morgan fingerprint density at radius 2 is 1.74 bits per heavy atom. The third kappa shape index (κ3) is 2.90. The van der Waals surface area contributed by atoms with Crippen LogP contribution in [0.15, 0.2) is 54.6 Å². The van der Waals surface area contributed by atoms with Crippen LogP contribution in [0.1, 0.15) is 12.5 Å². The number of carbonyl (C=O) groups is 1. The Hall–Kier alpha value is -2.81. The topological polar surface area (TPSA) is 35.5 Å². The number of fused-ring (bicyclic) bond motifs is 1. The lowest BCUT2D eigenvalue weighted by Crippen LogP contribution is -2.04. The molecule has 0 radical (unpaired) electrons. The van der Waals surface area contributed by atoms with Crippen LogP contribution in [0.3, 0.4) is 0 Å². The maximum absolute atomic E-state index is 11.6. The predicted octanol–water partition coefficient (Wildman–Crippen LogP) is 4.75. The highest BCUT2D eigenvalue weighted by Gasteiger charge is 2.16. The van der Waals surface area contributed by atoms with Gasteiger partial charge in [-0.3, -0.25) is 4.79 Å². The van der Waals surface area contributed by atoms with Gasteiger partial charge in [0.15, 0.2) is 0 Å². The minimum absolute atomic E-state index is 0.329. The summed E-state index contributed by atoms with van der Waals surface area (Å²) in [5.41, 5.74) is 3.02. The van der Waals surface area contributed by atoms with Crippen molar-refractivity contribution in [3.8, 4) is 22.6 Å². The lowest BCUT2D eigenvalue weighted by molar-refractivity contribution is -0.131. The summed E-state index contributed by atoms with van der Waals surface area (Å²) in [6.07, 6.45) is 0. The summed E-state index contributed by atoms with van der Waals surface area (Å²) in [5.74, 6) is 1.05. The fourth-order valence-electron chi connectivity index (χ4n) is 2.83. The van der Waals surface area contributed by atoms with Crippen molar-refractivity contribution >= 4 is 16.7 Å². The molecule has 3 aromatic carbocycles. The Morgan fingerprint density at radius 3 is 2.39 bits per heavy atom. The molecule has 3 nitrogen and oxygen atoms in total. The van der Waals surface area contributed by atoms with Gasteiger partial charge in [0.25, 0.3) is 0 Å². The summed E-state index contributed by atoms with van der Waals surface area (Å²) in [6, 6.07) is 17.8. The summed E-state index contributed by atoms with van der Waals surface area (Å²) >= 11 is 0. The number of hydrogen-bond acceptors (Lipinski definition) is 3. The van der Waals surface area contributed by atoms with Crippen LogP contribution in [0.2, 0.25) is 0 Å². The number of methoxy groups -OCH3 is 1. The molecule has 0 N–H and O–H groups in total. The minimum atomic E-state index is -0.329.